The summed E-state index contributed by atoms with van der Waals surface area (Å²) >= 11 is 1.46. The van der Waals surface area contributed by atoms with Gasteiger partial charge in [0.2, 0.25) is 0 Å². The molecule has 0 bridgehead atoms. The summed E-state index contributed by atoms with van der Waals surface area (Å²) in [6, 6.07) is 13.4. The third-order valence-corrected chi connectivity index (χ3v) is 3.73. The van der Waals surface area contributed by atoms with Crippen molar-refractivity contribution < 1.29 is 5.11 Å². The molecule has 3 rings (SSSR count). The Morgan fingerprint density at radius 3 is 2.63 bits per heavy atom. The number of thiazole rings is 1. The van der Waals surface area contributed by atoms with Crippen molar-refractivity contribution in [3.8, 4) is 11.3 Å². The van der Waals surface area contributed by atoms with Gasteiger partial charge >= 0.3 is 0 Å². The molecule has 0 aliphatic carbocycles. The third-order valence-electron chi connectivity index (χ3n) is 2.83. The van der Waals surface area contributed by atoms with Gasteiger partial charge in [0, 0.05) is 23.3 Å². The van der Waals surface area contributed by atoms with Gasteiger partial charge in [-0.2, -0.15) is 0 Å². The molecule has 94 valence electrons. The lowest BCUT2D eigenvalue weighted by molar-refractivity contribution is 0.220. The molecule has 1 aromatic carbocycles. The predicted molar refractivity (Wildman–Crippen MR) is 75.8 cm³/mol. The highest BCUT2D eigenvalue weighted by Gasteiger charge is 2.14. The van der Waals surface area contributed by atoms with E-state index in [-0.39, 0.29) is 0 Å². The van der Waals surface area contributed by atoms with E-state index in [1.165, 1.54) is 11.3 Å². The first kappa shape index (κ1) is 12.0. The fourth-order valence-corrected chi connectivity index (χ4v) is 2.68. The number of hydrogen-bond acceptors (Lipinski definition) is 4. The lowest BCUT2D eigenvalue weighted by atomic mass is 10.1. The second-order valence-corrected chi connectivity index (χ2v) is 5.02. The second-order valence-electron chi connectivity index (χ2n) is 4.13. The molecule has 3 nitrogen and oxygen atoms in total. The van der Waals surface area contributed by atoms with Crippen LogP contribution in [0, 0.1) is 0 Å². The van der Waals surface area contributed by atoms with Crippen LogP contribution in [0.25, 0.3) is 11.3 Å². The minimum Gasteiger partial charge on any atom is -0.381 e. The van der Waals surface area contributed by atoms with Crippen molar-refractivity contribution >= 4 is 11.3 Å². The largest absolute Gasteiger partial charge is 0.381 e. The Morgan fingerprint density at radius 2 is 1.89 bits per heavy atom. The molecule has 0 radical (unpaired) electrons. The van der Waals surface area contributed by atoms with Crippen molar-refractivity contribution in [2.75, 3.05) is 0 Å². The highest BCUT2D eigenvalue weighted by molar-refractivity contribution is 7.10. The lowest BCUT2D eigenvalue weighted by Crippen LogP contribution is -1.98. The van der Waals surface area contributed by atoms with Crippen LogP contribution in [0.4, 0.5) is 0 Å². The van der Waals surface area contributed by atoms with Gasteiger partial charge in [-0.25, -0.2) is 4.98 Å². The number of aliphatic hydroxyl groups excluding tert-OH is 1. The molecule has 3 aromatic rings. The summed E-state index contributed by atoms with van der Waals surface area (Å²) in [6.45, 7) is 0. The van der Waals surface area contributed by atoms with E-state index in [0.29, 0.717) is 5.01 Å². The van der Waals surface area contributed by atoms with Crippen molar-refractivity contribution in [1.82, 2.24) is 9.97 Å². The fourth-order valence-electron chi connectivity index (χ4n) is 1.84. The SMILES string of the molecule is OC(c1ccccc1)c1nc(-c2cccnc2)cs1. The average molecular weight is 268 g/mol. The number of rotatable bonds is 3. The van der Waals surface area contributed by atoms with E-state index in [0.717, 1.165) is 16.8 Å². The normalized spacial score (nSPS) is 12.3. The van der Waals surface area contributed by atoms with Gasteiger partial charge in [-0.3, -0.25) is 4.98 Å². The Hall–Kier alpha value is -2.04. The van der Waals surface area contributed by atoms with E-state index in [1.807, 2.05) is 47.8 Å². The quantitative estimate of drug-likeness (QED) is 0.793. The number of pyridine rings is 1. The van der Waals surface area contributed by atoms with Crippen molar-refractivity contribution in [2.24, 2.45) is 0 Å². The van der Waals surface area contributed by atoms with Gasteiger partial charge in [-0.15, -0.1) is 11.3 Å². The summed E-state index contributed by atoms with van der Waals surface area (Å²) in [7, 11) is 0. The van der Waals surface area contributed by atoms with Crippen LogP contribution in [0.5, 0.6) is 0 Å². The van der Waals surface area contributed by atoms with Gasteiger partial charge in [0.15, 0.2) is 0 Å². The molecule has 1 unspecified atom stereocenters. The first-order valence-corrected chi connectivity index (χ1v) is 6.81. The first-order valence-electron chi connectivity index (χ1n) is 5.93. The van der Waals surface area contributed by atoms with E-state index in [2.05, 4.69) is 9.97 Å². The zero-order valence-corrected chi connectivity index (χ0v) is 10.9. The molecule has 0 amide bonds. The average Bonchev–Trinajstić information content (AvgIpc) is 2.98. The summed E-state index contributed by atoms with van der Waals surface area (Å²) in [6.07, 6.45) is 2.83. The summed E-state index contributed by atoms with van der Waals surface area (Å²) in [4.78, 5) is 8.56. The molecule has 0 saturated carbocycles. The maximum Gasteiger partial charge on any atom is 0.131 e. The monoisotopic (exact) mass is 268 g/mol. The van der Waals surface area contributed by atoms with Crippen LogP contribution in [-0.2, 0) is 0 Å². The van der Waals surface area contributed by atoms with Gasteiger partial charge in [-0.1, -0.05) is 30.3 Å². The Morgan fingerprint density at radius 1 is 1.05 bits per heavy atom. The molecular formula is C15H12N2OS. The Bertz CT molecular complexity index is 652. The molecule has 1 atom stereocenters. The molecule has 0 spiro atoms. The van der Waals surface area contributed by atoms with Crippen LogP contribution in [0.3, 0.4) is 0 Å². The lowest BCUT2D eigenvalue weighted by Gasteiger charge is -2.06. The number of hydrogen-bond donors (Lipinski definition) is 1. The number of benzene rings is 1. The van der Waals surface area contributed by atoms with E-state index >= 15 is 0 Å². The van der Waals surface area contributed by atoms with E-state index in [4.69, 9.17) is 0 Å². The van der Waals surface area contributed by atoms with E-state index < -0.39 is 6.10 Å². The standard InChI is InChI=1S/C15H12N2OS/c18-14(11-5-2-1-3-6-11)15-17-13(10-19-15)12-7-4-8-16-9-12/h1-10,14,18H. The summed E-state index contributed by atoms with van der Waals surface area (Å²) in [5.74, 6) is 0. The first-order chi connectivity index (χ1) is 9.34. The van der Waals surface area contributed by atoms with Crippen LogP contribution < -0.4 is 0 Å². The number of aromatic nitrogens is 2. The van der Waals surface area contributed by atoms with Crippen LogP contribution in [0.15, 0.2) is 60.2 Å². The van der Waals surface area contributed by atoms with Gasteiger partial charge in [0.25, 0.3) is 0 Å². The van der Waals surface area contributed by atoms with Crippen LogP contribution >= 0.6 is 11.3 Å². The zero-order valence-electron chi connectivity index (χ0n) is 10.1. The van der Waals surface area contributed by atoms with Crippen LogP contribution in [0.1, 0.15) is 16.7 Å². The van der Waals surface area contributed by atoms with Crippen molar-refractivity contribution in [1.29, 1.82) is 0 Å². The molecule has 4 heteroatoms. The Labute approximate surface area is 115 Å². The molecule has 0 aliphatic rings. The Balaban J connectivity index is 1.90. The van der Waals surface area contributed by atoms with Crippen LogP contribution in [0.2, 0.25) is 0 Å². The minimum atomic E-state index is -0.670. The molecule has 0 fully saturated rings. The molecular weight excluding hydrogens is 256 g/mol. The van der Waals surface area contributed by atoms with Crippen molar-refractivity contribution in [3.05, 3.63) is 70.8 Å². The maximum absolute atomic E-state index is 10.3. The molecule has 2 heterocycles. The molecule has 0 saturated heterocycles. The maximum atomic E-state index is 10.3. The van der Waals surface area contributed by atoms with Gasteiger partial charge in [0.05, 0.1) is 5.69 Å². The van der Waals surface area contributed by atoms with Crippen molar-refractivity contribution in [3.63, 3.8) is 0 Å². The van der Waals surface area contributed by atoms with E-state index in [9.17, 15) is 5.11 Å². The topological polar surface area (TPSA) is 46.0 Å². The highest BCUT2D eigenvalue weighted by Crippen LogP contribution is 2.28. The third kappa shape index (κ3) is 2.54. The summed E-state index contributed by atoms with van der Waals surface area (Å²) in [5.41, 5.74) is 2.67. The fraction of sp³-hybridized carbons (Fsp3) is 0.0667. The number of aliphatic hydroxyl groups is 1. The zero-order chi connectivity index (χ0) is 13.1. The van der Waals surface area contributed by atoms with Gasteiger partial charge in [-0.05, 0) is 17.7 Å². The number of nitrogens with zero attached hydrogens (tertiary/aromatic N) is 2. The summed E-state index contributed by atoms with van der Waals surface area (Å²) < 4.78 is 0. The Kier molecular flexibility index (Phi) is 3.35. The summed E-state index contributed by atoms with van der Waals surface area (Å²) in [5, 5.41) is 12.9. The van der Waals surface area contributed by atoms with Gasteiger partial charge < -0.3 is 5.11 Å². The molecule has 19 heavy (non-hydrogen) atoms. The van der Waals surface area contributed by atoms with Crippen molar-refractivity contribution in [2.45, 2.75) is 6.10 Å². The predicted octanol–water partition coefficient (Wildman–Crippen LogP) is 3.29. The van der Waals surface area contributed by atoms with Gasteiger partial charge in [0.1, 0.15) is 11.1 Å². The van der Waals surface area contributed by atoms with E-state index in [1.54, 1.807) is 12.4 Å². The highest BCUT2D eigenvalue weighted by atomic mass is 32.1. The smallest absolute Gasteiger partial charge is 0.131 e. The second kappa shape index (κ2) is 5.30. The van der Waals surface area contributed by atoms with Crippen LogP contribution in [-0.4, -0.2) is 15.1 Å². The minimum absolute atomic E-state index is 0.670. The molecule has 0 aliphatic heterocycles. The molecule has 2 aromatic heterocycles. The molecule has 1 N–H and O–H groups in total.